The highest BCUT2D eigenvalue weighted by Gasteiger charge is 2.34. The van der Waals surface area contributed by atoms with Gasteiger partial charge in [-0.3, -0.25) is 9.59 Å². The number of hydrogen-bond donors (Lipinski definition) is 0. The zero-order valence-corrected chi connectivity index (χ0v) is 18.5. The summed E-state index contributed by atoms with van der Waals surface area (Å²) >= 11 is 0. The molecule has 5 heteroatoms. The van der Waals surface area contributed by atoms with E-state index in [9.17, 15) is 9.59 Å². The van der Waals surface area contributed by atoms with Crippen LogP contribution in [0.3, 0.4) is 0 Å². The molecule has 2 aliphatic rings. The van der Waals surface area contributed by atoms with Crippen LogP contribution in [-0.4, -0.2) is 44.0 Å². The van der Waals surface area contributed by atoms with E-state index in [1.165, 1.54) is 5.56 Å². The van der Waals surface area contributed by atoms with Crippen molar-refractivity contribution in [3.05, 3.63) is 59.7 Å². The predicted molar refractivity (Wildman–Crippen MR) is 123 cm³/mol. The summed E-state index contributed by atoms with van der Waals surface area (Å²) in [7, 11) is 3.48. The molecule has 0 N–H and O–H groups in total. The molecule has 0 unspecified atom stereocenters. The average Bonchev–Trinajstić information content (AvgIpc) is 3.67. The number of aryl methyl sites for hydroxylation is 1. The maximum Gasteiger partial charge on any atom is 0.255 e. The Balaban J connectivity index is 1.32. The zero-order chi connectivity index (χ0) is 21.8. The highest BCUT2D eigenvalue weighted by Crippen LogP contribution is 2.33. The fourth-order valence-corrected chi connectivity index (χ4v) is 4.43. The first kappa shape index (κ1) is 21.4. The monoisotopic (exact) mass is 420 g/mol. The molecule has 2 fully saturated rings. The van der Waals surface area contributed by atoms with Crippen molar-refractivity contribution < 1.29 is 14.3 Å². The maximum atomic E-state index is 13.3. The van der Waals surface area contributed by atoms with Gasteiger partial charge in [-0.05, 0) is 74.3 Å². The second-order valence-corrected chi connectivity index (χ2v) is 8.81. The molecule has 2 amide bonds. The molecule has 164 valence electrons. The van der Waals surface area contributed by atoms with E-state index in [2.05, 4.69) is 12.1 Å². The number of piperidine rings is 1. The number of benzene rings is 2. The topological polar surface area (TPSA) is 49.9 Å². The molecular formula is C26H32N2O3. The Kier molecular flexibility index (Phi) is 6.59. The Labute approximate surface area is 185 Å². The van der Waals surface area contributed by atoms with Gasteiger partial charge in [0.05, 0.1) is 18.4 Å². The minimum atomic E-state index is 0.0413. The largest absolute Gasteiger partial charge is 0.497 e. The number of ether oxygens (including phenoxy) is 1. The van der Waals surface area contributed by atoms with Crippen molar-refractivity contribution in [2.45, 2.75) is 38.5 Å². The maximum absolute atomic E-state index is 13.3. The Bertz CT molecular complexity index is 913. The van der Waals surface area contributed by atoms with Crippen LogP contribution in [0.25, 0.3) is 0 Å². The number of carbonyl (C=O) groups excluding carboxylic acids is 2. The van der Waals surface area contributed by atoms with Gasteiger partial charge < -0.3 is 14.5 Å². The molecule has 1 aliphatic heterocycles. The van der Waals surface area contributed by atoms with E-state index in [0.717, 1.165) is 63.1 Å². The quantitative estimate of drug-likeness (QED) is 0.660. The molecule has 0 spiro atoms. The minimum absolute atomic E-state index is 0.0413. The molecule has 2 aromatic carbocycles. The van der Waals surface area contributed by atoms with Crippen molar-refractivity contribution in [2.75, 3.05) is 32.1 Å². The average molecular weight is 421 g/mol. The summed E-state index contributed by atoms with van der Waals surface area (Å²) in [5.74, 6) is 1.83. The summed E-state index contributed by atoms with van der Waals surface area (Å²) in [4.78, 5) is 29.4. The molecule has 5 nitrogen and oxygen atoms in total. The van der Waals surface area contributed by atoms with Crippen molar-refractivity contribution in [3.63, 3.8) is 0 Å². The molecule has 4 rings (SSSR count). The van der Waals surface area contributed by atoms with Gasteiger partial charge in [-0.2, -0.15) is 0 Å². The Morgan fingerprint density at radius 1 is 1.00 bits per heavy atom. The fourth-order valence-electron chi connectivity index (χ4n) is 4.43. The first-order valence-electron chi connectivity index (χ1n) is 11.4. The van der Waals surface area contributed by atoms with E-state index >= 15 is 0 Å². The molecule has 0 aromatic heterocycles. The van der Waals surface area contributed by atoms with E-state index in [-0.39, 0.29) is 17.7 Å². The van der Waals surface area contributed by atoms with Gasteiger partial charge in [-0.1, -0.05) is 24.3 Å². The van der Waals surface area contributed by atoms with Crippen LogP contribution in [-0.2, 0) is 11.2 Å². The van der Waals surface area contributed by atoms with Crippen LogP contribution in [0.4, 0.5) is 5.69 Å². The summed E-state index contributed by atoms with van der Waals surface area (Å²) in [6, 6.07) is 15.8. The number of hydrogen-bond acceptors (Lipinski definition) is 3. The van der Waals surface area contributed by atoms with Gasteiger partial charge in [0.1, 0.15) is 5.75 Å². The van der Waals surface area contributed by atoms with E-state index in [1.54, 1.807) is 19.1 Å². The van der Waals surface area contributed by atoms with Crippen LogP contribution in [0.15, 0.2) is 48.5 Å². The number of likely N-dealkylation sites (tertiary alicyclic amines) is 1. The van der Waals surface area contributed by atoms with Gasteiger partial charge in [0.2, 0.25) is 5.91 Å². The molecule has 31 heavy (non-hydrogen) atoms. The molecular weight excluding hydrogens is 388 g/mol. The Hall–Kier alpha value is -2.82. The summed E-state index contributed by atoms with van der Waals surface area (Å²) in [6.07, 6.45) is 6.18. The molecule has 0 radical (unpaired) electrons. The lowest BCUT2D eigenvalue weighted by Crippen LogP contribution is -2.39. The molecule has 2 aromatic rings. The van der Waals surface area contributed by atoms with Gasteiger partial charge in [0.25, 0.3) is 5.91 Å². The van der Waals surface area contributed by atoms with Gasteiger partial charge in [-0.15, -0.1) is 0 Å². The third kappa shape index (κ3) is 5.09. The highest BCUT2D eigenvalue weighted by atomic mass is 16.5. The van der Waals surface area contributed by atoms with Crippen LogP contribution in [0.1, 0.15) is 48.0 Å². The van der Waals surface area contributed by atoms with Crippen molar-refractivity contribution in [1.82, 2.24) is 4.90 Å². The normalized spacial score (nSPS) is 16.8. The summed E-state index contributed by atoms with van der Waals surface area (Å²) < 4.78 is 5.23. The second-order valence-electron chi connectivity index (χ2n) is 8.81. The highest BCUT2D eigenvalue weighted by molar-refractivity contribution is 6.05. The molecule has 1 heterocycles. The molecule has 0 bridgehead atoms. The van der Waals surface area contributed by atoms with Crippen molar-refractivity contribution >= 4 is 17.5 Å². The molecule has 1 saturated carbocycles. The summed E-state index contributed by atoms with van der Waals surface area (Å²) in [5, 5.41) is 0. The lowest BCUT2D eigenvalue weighted by atomic mass is 9.90. The third-order valence-corrected chi connectivity index (χ3v) is 6.66. The Morgan fingerprint density at radius 3 is 2.32 bits per heavy atom. The SMILES string of the molecule is COc1ccc(CCC2CCN(C(=O)c3ccccc3N(C)C(=O)C3CC3)CC2)cc1. The lowest BCUT2D eigenvalue weighted by Gasteiger charge is -2.33. The van der Waals surface area contributed by atoms with E-state index < -0.39 is 0 Å². The standard InChI is InChI=1S/C26H32N2O3/c1-27(25(29)21-11-12-21)24-6-4-3-5-23(24)26(30)28-17-15-20(16-18-28)8-7-19-9-13-22(31-2)14-10-19/h3-6,9-10,13-14,20-21H,7-8,11-12,15-18H2,1-2H3. The number of nitrogens with zero attached hydrogens (tertiary/aromatic N) is 2. The second kappa shape index (κ2) is 9.54. The zero-order valence-electron chi connectivity index (χ0n) is 18.5. The van der Waals surface area contributed by atoms with Crippen LogP contribution in [0.2, 0.25) is 0 Å². The number of anilines is 1. The van der Waals surface area contributed by atoms with Crippen molar-refractivity contribution in [2.24, 2.45) is 11.8 Å². The number of methoxy groups -OCH3 is 1. The van der Waals surface area contributed by atoms with Crippen molar-refractivity contribution in [3.8, 4) is 5.75 Å². The third-order valence-electron chi connectivity index (χ3n) is 6.66. The van der Waals surface area contributed by atoms with E-state index in [1.807, 2.05) is 41.3 Å². The molecule has 1 saturated heterocycles. The van der Waals surface area contributed by atoms with Gasteiger partial charge in [-0.25, -0.2) is 0 Å². The first-order valence-corrected chi connectivity index (χ1v) is 11.4. The number of amides is 2. The summed E-state index contributed by atoms with van der Waals surface area (Å²) in [6.45, 7) is 1.56. The number of para-hydroxylation sites is 1. The van der Waals surface area contributed by atoms with Crippen LogP contribution in [0.5, 0.6) is 5.75 Å². The number of carbonyl (C=O) groups is 2. The van der Waals surface area contributed by atoms with E-state index in [0.29, 0.717) is 11.5 Å². The predicted octanol–water partition coefficient (Wildman–Crippen LogP) is 4.55. The smallest absolute Gasteiger partial charge is 0.255 e. The minimum Gasteiger partial charge on any atom is -0.497 e. The van der Waals surface area contributed by atoms with Gasteiger partial charge in [0, 0.05) is 26.1 Å². The van der Waals surface area contributed by atoms with Crippen molar-refractivity contribution in [1.29, 1.82) is 0 Å². The van der Waals surface area contributed by atoms with Crippen LogP contribution >= 0.6 is 0 Å². The van der Waals surface area contributed by atoms with Crippen LogP contribution < -0.4 is 9.64 Å². The van der Waals surface area contributed by atoms with Crippen LogP contribution in [0, 0.1) is 11.8 Å². The number of rotatable bonds is 7. The summed E-state index contributed by atoms with van der Waals surface area (Å²) in [5.41, 5.74) is 2.69. The van der Waals surface area contributed by atoms with E-state index in [4.69, 9.17) is 4.74 Å². The lowest BCUT2D eigenvalue weighted by molar-refractivity contribution is -0.119. The fraction of sp³-hybridized carbons (Fsp3) is 0.462. The first-order chi connectivity index (χ1) is 15.1. The van der Waals surface area contributed by atoms with Gasteiger partial charge >= 0.3 is 0 Å². The van der Waals surface area contributed by atoms with Gasteiger partial charge in [0.15, 0.2) is 0 Å². The Morgan fingerprint density at radius 2 is 1.68 bits per heavy atom. The molecule has 1 aliphatic carbocycles. The molecule has 0 atom stereocenters.